The first-order chi connectivity index (χ1) is 16.1. The minimum atomic E-state index is -0.527. The fourth-order valence-corrected chi connectivity index (χ4v) is 3.64. The molecule has 0 atom stereocenters. The van der Waals surface area contributed by atoms with Crippen molar-refractivity contribution in [2.75, 3.05) is 20.3 Å². The Morgan fingerprint density at radius 1 is 1.24 bits per heavy atom. The molecule has 1 aromatic carbocycles. The highest BCUT2D eigenvalue weighted by molar-refractivity contribution is 5.99. The number of aromatic nitrogens is 2. The average Bonchev–Trinajstić information content (AvgIpc) is 3.35. The Hall–Kier alpha value is -3.81. The van der Waals surface area contributed by atoms with Crippen LogP contribution in [0.3, 0.4) is 0 Å². The Bertz CT molecular complexity index is 1240. The number of ether oxygens (including phenoxy) is 2. The number of methoxy groups -OCH3 is 1. The van der Waals surface area contributed by atoms with Gasteiger partial charge in [-0.25, -0.2) is 14.4 Å². The summed E-state index contributed by atoms with van der Waals surface area (Å²) in [5, 5.41) is 3.68. The van der Waals surface area contributed by atoms with Crippen molar-refractivity contribution in [2.24, 2.45) is 4.99 Å². The van der Waals surface area contributed by atoms with Crippen molar-refractivity contribution in [1.29, 1.82) is 0 Å². The lowest BCUT2D eigenvalue weighted by Crippen LogP contribution is -2.24. The summed E-state index contributed by atoms with van der Waals surface area (Å²) in [5.74, 6) is 0.121. The van der Waals surface area contributed by atoms with Gasteiger partial charge in [-0.05, 0) is 38.0 Å². The molecule has 0 radical (unpaired) electrons. The van der Waals surface area contributed by atoms with E-state index in [4.69, 9.17) is 9.47 Å². The maximum absolute atomic E-state index is 14.5. The Morgan fingerprint density at radius 3 is 2.88 bits per heavy atom. The highest BCUT2D eigenvalue weighted by Crippen LogP contribution is 2.32. The molecule has 0 unspecified atom stereocenters. The van der Waals surface area contributed by atoms with Gasteiger partial charge in [0.25, 0.3) is 5.91 Å². The average molecular weight is 448 g/mol. The van der Waals surface area contributed by atoms with E-state index in [0.29, 0.717) is 35.7 Å². The lowest BCUT2D eigenvalue weighted by Gasteiger charge is -2.12. The van der Waals surface area contributed by atoms with E-state index in [1.54, 1.807) is 24.3 Å². The number of hydrogen-bond acceptors (Lipinski definition) is 6. The SMILES string of the molecule is CCOc1cc(-c2cc(OC)ncc2F)nc2cc(C(=O)NCCCC3=NC=CC3)ccc12. The number of fused-ring (bicyclic) bond motifs is 1. The van der Waals surface area contributed by atoms with Crippen LogP contribution in [0.5, 0.6) is 11.6 Å². The molecule has 0 saturated heterocycles. The Labute approximate surface area is 191 Å². The van der Waals surface area contributed by atoms with Crippen LogP contribution in [0.1, 0.15) is 36.5 Å². The molecule has 0 fully saturated rings. The summed E-state index contributed by atoms with van der Waals surface area (Å²) < 4.78 is 25.4. The molecule has 0 saturated carbocycles. The van der Waals surface area contributed by atoms with E-state index >= 15 is 0 Å². The van der Waals surface area contributed by atoms with Crippen LogP contribution in [-0.2, 0) is 0 Å². The van der Waals surface area contributed by atoms with Gasteiger partial charge in [0.2, 0.25) is 5.88 Å². The third-order valence-electron chi connectivity index (χ3n) is 5.29. The van der Waals surface area contributed by atoms with Gasteiger partial charge in [0.1, 0.15) is 5.75 Å². The normalized spacial score (nSPS) is 12.6. The third kappa shape index (κ3) is 5.16. The van der Waals surface area contributed by atoms with Crippen LogP contribution in [0.15, 0.2) is 53.8 Å². The van der Waals surface area contributed by atoms with Gasteiger partial charge in [0.05, 0.1) is 31.1 Å². The molecule has 0 bridgehead atoms. The van der Waals surface area contributed by atoms with Crippen LogP contribution >= 0.6 is 0 Å². The molecule has 2 aromatic heterocycles. The lowest BCUT2D eigenvalue weighted by atomic mass is 10.1. The number of rotatable bonds is 9. The van der Waals surface area contributed by atoms with Crippen molar-refractivity contribution in [3.8, 4) is 22.9 Å². The first kappa shape index (κ1) is 22.4. The van der Waals surface area contributed by atoms with Gasteiger partial charge in [-0.15, -0.1) is 0 Å². The van der Waals surface area contributed by atoms with Gasteiger partial charge < -0.3 is 14.8 Å². The second-order valence-electron chi connectivity index (χ2n) is 7.52. The van der Waals surface area contributed by atoms with E-state index in [2.05, 4.69) is 20.3 Å². The van der Waals surface area contributed by atoms with Crippen molar-refractivity contribution < 1.29 is 18.7 Å². The van der Waals surface area contributed by atoms with Crippen molar-refractivity contribution >= 4 is 22.5 Å². The van der Waals surface area contributed by atoms with Crippen LogP contribution in [0.4, 0.5) is 4.39 Å². The summed E-state index contributed by atoms with van der Waals surface area (Å²) in [6.45, 7) is 2.86. The zero-order valence-electron chi connectivity index (χ0n) is 18.6. The first-order valence-electron chi connectivity index (χ1n) is 10.8. The number of carbonyl (C=O) groups is 1. The van der Waals surface area contributed by atoms with Crippen molar-refractivity contribution in [2.45, 2.75) is 26.2 Å². The predicted molar refractivity (Wildman–Crippen MR) is 125 cm³/mol. The van der Waals surface area contributed by atoms with Crippen molar-refractivity contribution in [3.05, 3.63) is 60.2 Å². The molecule has 1 N–H and O–H groups in total. The molecule has 1 amide bonds. The van der Waals surface area contributed by atoms with Gasteiger partial charge in [-0.2, -0.15) is 0 Å². The predicted octanol–water partition coefficient (Wildman–Crippen LogP) is 4.71. The summed E-state index contributed by atoms with van der Waals surface area (Å²) in [6.07, 6.45) is 7.49. The minimum Gasteiger partial charge on any atom is -0.493 e. The summed E-state index contributed by atoms with van der Waals surface area (Å²) in [5.41, 5.74) is 2.75. The van der Waals surface area contributed by atoms with Gasteiger partial charge in [-0.1, -0.05) is 6.08 Å². The van der Waals surface area contributed by atoms with Crippen LogP contribution < -0.4 is 14.8 Å². The van der Waals surface area contributed by atoms with E-state index in [9.17, 15) is 9.18 Å². The number of nitrogens with zero attached hydrogens (tertiary/aromatic N) is 3. The molecule has 7 nitrogen and oxygen atoms in total. The number of hydrogen-bond donors (Lipinski definition) is 1. The number of allylic oxidation sites excluding steroid dienone is 1. The fraction of sp³-hybridized carbons (Fsp3) is 0.280. The van der Waals surface area contributed by atoms with Gasteiger partial charge in [-0.3, -0.25) is 9.79 Å². The van der Waals surface area contributed by atoms with Gasteiger partial charge >= 0.3 is 0 Å². The minimum absolute atomic E-state index is 0.190. The van der Waals surface area contributed by atoms with E-state index in [1.165, 1.54) is 13.2 Å². The Morgan fingerprint density at radius 2 is 2.12 bits per heavy atom. The fourth-order valence-electron chi connectivity index (χ4n) is 3.64. The van der Waals surface area contributed by atoms with Gasteiger partial charge in [0, 0.05) is 53.5 Å². The zero-order chi connectivity index (χ0) is 23.2. The van der Waals surface area contributed by atoms with Crippen LogP contribution in [0.25, 0.3) is 22.2 Å². The number of pyridine rings is 2. The number of halogens is 1. The van der Waals surface area contributed by atoms with Crippen molar-refractivity contribution in [1.82, 2.24) is 15.3 Å². The van der Waals surface area contributed by atoms with Crippen LogP contribution in [-0.4, -0.2) is 41.8 Å². The largest absolute Gasteiger partial charge is 0.493 e. The third-order valence-corrected chi connectivity index (χ3v) is 5.29. The number of carbonyl (C=O) groups excluding carboxylic acids is 1. The smallest absolute Gasteiger partial charge is 0.251 e. The molecular weight excluding hydrogens is 423 g/mol. The monoisotopic (exact) mass is 448 g/mol. The summed E-state index contributed by atoms with van der Waals surface area (Å²) >= 11 is 0. The number of aliphatic imine (C=N–C) groups is 1. The summed E-state index contributed by atoms with van der Waals surface area (Å²) in [7, 11) is 1.46. The topological polar surface area (TPSA) is 85.7 Å². The molecule has 1 aliphatic heterocycles. The molecule has 4 rings (SSSR count). The highest BCUT2D eigenvalue weighted by atomic mass is 19.1. The summed E-state index contributed by atoms with van der Waals surface area (Å²) in [4.78, 5) is 25.5. The summed E-state index contributed by atoms with van der Waals surface area (Å²) in [6, 6.07) is 8.40. The molecule has 8 heteroatoms. The molecule has 1 aliphatic rings. The van der Waals surface area contributed by atoms with Crippen molar-refractivity contribution in [3.63, 3.8) is 0 Å². The van der Waals surface area contributed by atoms with E-state index < -0.39 is 5.82 Å². The lowest BCUT2D eigenvalue weighted by molar-refractivity contribution is 0.0953. The van der Waals surface area contributed by atoms with Crippen LogP contribution in [0.2, 0.25) is 0 Å². The van der Waals surface area contributed by atoms with E-state index in [-0.39, 0.29) is 17.4 Å². The highest BCUT2D eigenvalue weighted by Gasteiger charge is 2.15. The molecule has 3 heterocycles. The molecule has 0 aliphatic carbocycles. The van der Waals surface area contributed by atoms with E-state index in [0.717, 1.165) is 36.6 Å². The second-order valence-corrected chi connectivity index (χ2v) is 7.52. The standard InChI is InChI=1S/C25H25FN4O3/c1-3-33-23-14-22(19-13-24(32-2)29-15-20(19)26)30-21-12-16(8-9-18(21)23)25(31)28-11-5-7-17-6-4-10-27-17/h4,8-10,12-15H,3,5-7,11H2,1-2H3,(H,28,31). The maximum Gasteiger partial charge on any atom is 0.251 e. The quantitative estimate of drug-likeness (QED) is 0.479. The molecular formula is C25H25FN4O3. The van der Waals surface area contributed by atoms with Gasteiger partial charge in [0.15, 0.2) is 5.82 Å². The Kier molecular flexibility index (Phi) is 6.92. The van der Waals surface area contributed by atoms with Crippen LogP contribution in [0, 0.1) is 5.82 Å². The molecule has 33 heavy (non-hydrogen) atoms. The number of benzene rings is 1. The molecule has 170 valence electrons. The maximum atomic E-state index is 14.5. The molecule has 0 spiro atoms. The zero-order valence-corrected chi connectivity index (χ0v) is 18.6. The number of amides is 1. The molecule has 3 aromatic rings. The Balaban J connectivity index is 1.59. The first-order valence-corrected chi connectivity index (χ1v) is 10.8. The second kappa shape index (κ2) is 10.2. The van der Waals surface area contributed by atoms with E-state index in [1.807, 2.05) is 19.2 Å². The number of nitrogens with one attached hydrogen (secondary N) is 1.